The molecule has 0 saturated carbocycles. The van der Waals surface area contributed by atoms with Gasteiger partial charge in [-0.3, -0.25) is 9.59 Å². The molecule has 0 bridgehead atoms. The van der Waals surface area contributed by atoms with Crippen molar-refractivity contribution in [3.05, 3.63) is 46.2 Å². The standard InChI is InChI=1S/C17H17NO3S/c1-21-12-4-6-14-15(11-12)18(9-8-16(14)19)17(20)7-5-13-3-2-10-22-13/h2-4,6,10-11H,5,7-9H2,1H3. The maximum absolute atomic E-state index is 12.5. The van der Waals surface area contributed by atoms with Gasteiger partial charge in [-0.25, -0.2) is 0 Å². The van der Waals surface area contributed by atoms with Crippen LogP contribution in [-0.2, 0) is 11.2 Å². The minimum atomic E-state index is 0.0513. The molecule has 1 aliphatic heterocycles. The molecule has 1 aliphatic rings. The molecule has 0 N–H and O–H groups in total. The van der Waals surface area contributed by atoms with Gasteiger partial charge in [0.05, 0.1) is 12.8 Å². The summed E-state index contributed by atoms with van der Waals surface area (Å²) in [5, 5.41) is 2.01. The molecule has 22 heavy (non-hydrogen) atoms. The van der Waals surface area contributed by atoms with Gasteiger partial charge in [0.15, 0.2) is 5.78 Å². The minimum absolute atomic E-state index is 0.0513. The van der Waals surface area contributed by atoms with Crippen molar-refractivity contribution >= 4 is 28.7 Å². The number of nitrogens with zero attached hydrogens (tertiary/aromatic N) is 1. The van der Waals surface area contributed by atoms with E-state index in [2.05, 4.69) is 0 Å². The van der Waals surface area contributed by atoms with Crippen LogP contribution in [0.3, 0.4) is 0 Å². The monoisotopic (exact) mass is 315 g/mol. The van der Waals surface area contributed by atoms with E-state index in [-0.39, 0.29) is 11.7 Å². The Morgan fingerprint density at radius 3 is 2.95 bits per heavy atom. The summed E-state index contributed by atoms with van der Waals surface area (Å²) in [4.78, 5) is 27.5. The second kappa shape index (κ2) is 6.32. The maximum atomic E-state index is 12.5. The van der Waals surface area contributed by atoms with Crippen molar-refractivity contribution < 1.29 is 14.3 Å². The van der Waals surface area contributed by atoms with Crippen LogP contribution in [0.2, 0.25) is 0 Å². The summed E-state index contributed by atoms with van der Waals surface area (Å²) < 4.78 is 5.21. The number of amides is 1. The highest BCUT2D eigenvalue weighted by atomic mass is 32.1. The van der Waals surface area contributed by atoms with Crippen LogP contribution in [0.1, 0.15) is 28.1 Å². The predicted molar refractivity (Wildman–Crippen MR) is 86.9 cm³/mol. The van der Waals surface area contributed by atoms with Crippen molar-refractivity contribution in [2.24, 2.45) is 0 Å². The number of hydrogen-bond acceptors (Lipinski definition) is 4. The number of Topliss-reactive ketones (excluding diaryl/α,β-unsaturated/α-hetero) is 1. The molecule has 3 rings (SSSR count). The molecule has 0 unspecified atom stereocenters. The highest BCUT2D eigenvalue weighted by Crippen LogP contribution is 2.31. The lowest BCUT2D eigenvalue weighted by molar-refractivity contribution is -0.118. The maximum Gasteiger partial charge on any atom is 0.227 e. The summed E-state index contributed by atoms with van der Waals surface area (Å²) >= 11 is 1.66. The third-order valence-corrected chi connectivity index (χ3v) is 4.76. The van der Waals surface area contributed by atoms with Crippen LogP contribution >= 0.6 is 11.3 Å². The highest BCUT2D eigenvalue weighted by Gasteiger charge is 2.27. The van der Waals surface area contributed by atoms with Gasteiger partial charge >= 0.3 is 0 Å². The van der Waals surface area contributed by atoms with Gasteiger partial charge in [0.1, 0.15) is 5.75 Å². The first-order valence-corrected chi connectivity index (χ1v) is 8.11. The van der Waals surface area contributed by atoms with Gasteiger partial charge in [-0.1, -0.05) is 6.07 Å². The molecule has 0 atom stereocenters. The Morgan fingerprint density at radius 1 is 1.36 bits per heavy atom. The van der Waals surface area contributed by atoms with Crippen molar-refractivity contribution in [3.63, 3.8) is 0 Å². The molecule has 0 spiro atoms. The van der Waals surface area contributed by atoms with Gasteiger partial charge < -0.3 is 9.64 Å². The molecule has 114 valence electrons. The average Bonchev–Trinajstić information content (AvgIpc) is 3.06. The number of thiophene rings is 1. The number of aryl methyl sites for hydroxylation is 1. The van der Waals surface area contributed by atoms with Gasteiger partial charge in [-0.05, 0) is 30.0 Å². The molecule has 1 aromatic heterocycles. The van der Waals surface area contributed by atoms with Crippen LogP contribution in [0, 0.1) is 0 Å². The molecule has 1 aromatic carbocycles. The summed E-state index contributed by atoms with van der Waals surface area (Å²) in [6.45, 7) is 0.447. The van der Waals surface area contributed by atoms with Crippen molar-refractivity contribution in [3.8, 4) is 5.75 Å². The fraction of sp³-hybridized carbons (Fsp3) is 0.294. The molecule has 0 aliphatic carbocycles. The van der Waals surface area contributed by atoms with Crippen molar-refractivity contribution in [1.82, 2.24) is 0 Å². The highest BCUT2D eigenvalue weighted by molar-refractivity contribution is 7.09. The number of methoxy groups -OCH3 is 1. The van der Waals surface area contributed by atoms with Crippen LogP contribution in [0.5, 0.6) is 5.75 Å². The van der Waals surface area contributed by atoms with Crippen molar-refractivity contribution in [2.75, 3.05) is 18.6 Å². The van der Waals surface area contributed by atoms with Crippen molar-refractivity contribution in [2.45, 2.75) is 19.3 Å². The lowest BCUT2D eigenvalue weighted by atomic mass is 9.99. The van der Waals surface area contributed by atoms with Gasteiger partial charge in [-0.15, -0.1) is 11.3 Å². The number of carbonyl (C=O) groups excluding carboxylic acids is 2. The number of carbonyl (C=O) groups is 2. The first-order chi connectivity index (χ1) is 10.7. The number of hydrogen-bond donors (Lipinski definition) is 0. The van der Waals surface area contributed by atoms with Crippen LogP contribution in [0.4, 0.5) is 5.69 Å². The van der Waals surface area contributed by atoms with Crippen molar-refractivity contribution in [1.29, 1.82) is 0 Å². The van der Waals surface area contributed by atoms with E-state index in [1.807, 2.05) is 17.5 Å². The van der Waals surface area contributed by atoms with E-state index in [0.29, 0.717) is 36.4 Å². The van der Waals surface area contributed by atoms with Gasteiger partial charge in [-0.2, -0.15) is 0 Å². The number of ether oxygens (including phenoxy) is 1. The zero-order valence-electron chi connectivity index (χ0n) is 12.4. The Kier molecular flexibility index (Phi) is 4.24. The summed E-state index contributed by atoms with van der Waals surface area (Å²) in [5.41, 5.74) is 1.28. The summed E-state index contributed by atoms with van der Waals surface area (Å²) in [6, 6.07) is 9.31. The third kappa shape index (κ3) is 2.90. The van der Waals surface area contributed by atoms with Gasteiger partial charge in [0.2, 0.25) is 5.91 Å². The molecule has 5 heteroatoms. The largest absolute Gasteiger partial charge is 0.497 e. The fourth-order valence-corrected chi connectivity index (χ4v) is 3.35. The quantitative estimate of drug-likeness (QED) is 0.869. The van der Waals surface area contributed by atoms with Crippen LogP contribution in [-0.4, -0.2) is 25.3 Å². The summed E-state index contributed by atoms with van der Waals surface area (Å²) in [7, 11) is 1.58. The summed E-state index contributed by atoms with van der Waals surface area (Å²) in [6.07, 6.45) is 1.57. The Hall–Kier alpha value is -2.14. The number of benzene rings is 1. The first kappa shape index (κ1) is 14.8. The number of fused-ring (bicyclic) bond motifs is 1. The fourth-order valence-electron chi connectivity index (χ4n) is 2.64. The molecule has 2 aromatic rings. The van der Waals surface area contributed by atoms with E-state index in [4.69, 9.17) is 4.74 Å². The van der Waals surface area contributed by atoms with Gasteiger partial charge in [0.25, 0.3) is 0 Å². The van der Waals surface area contributed by atoms with E-state index in [9.17, 15) is 9.59 Å². The SMILES string of the molecule is COc1ccc2c(c1)N(C(=O)CCc1cccs1)CCC2=O. The number of anilines is 1. The second-order valence-electron chi connectivity index (χ2n) is 5.18. The lowest BCUT2D eigenvalue weighted by Crippen LogP contribution is -2.37. The number of rotatable bonds is 4. The molecule has 4 nitrogen and oxygen atoms in total. The predicted octanol–water partition coefficient (Wildman–Crippen LogP) is 3.31. The molecule has 0 fully saturated rings. The number of ketones is 1. The molecule has 2 heterocycles. The van der Waals surface area contributed by atoms with E-state index in [1.165, 1.54) is 4.88 Å². The molecular formula is C17H17NO3S. The lowest BCUT2D eigenvalue weighted by Gasteiger charge is -2.29. The summed E-state index contributed by atoms with van der Waals surface area (Å²) in [5.74, 6) is 0.792. The van der Waals surface area contributed by atoms with Crippen LogP contribution in [0.25, 0.3) is 0 Å². The third-order valence-electron chi connectivity index (χ3n) is 3.82. The molecule has 1 amide bonds. The van der Waals surface area contributed by atoms with E-state index in [0.717, 1.165) is 6.42 Å². The van der Waals surface area contributed by atoms with E-state index in [1.54, 1.807) is 41.5 Å². The topological polar surface area (TPSA) is 46.6 Å². The molecule has 0 saturated heterocycles. The normalized spacial score (nSPS) is 13.9. The molecular weight excluding hydrogens is 298 g/mol. The first-order valence-electron chi connectivity index (χ1n) is 7.23. The Labute approximate surface area is 133 Å². The van der Waals surface area contributed by atoms with Crippen LogP contribution in [0.15, 0.2) is 35.7 Å². The van der Waals surface area contributed by atoms with Crippen LogP contribution < -0.4 is 9.64 Å². The van der Waals surface area contributed by atoms with E-state index >= 15 is 0 Å². The smallest absolute Gasteiger partial charge is 0.227 e. The van der Waals surface area contributed by atoms with E-state index < -0.39 is 0 Å². The zero-order valence-corrected chi connectivity index (χ0v) is 13.2. The Bertz CT molecular complexity index is 694. The molecule has 0 radical (unpaired) electrons. The second-order valence-corrected chi connectivity index (χ2v) is 6.21. The zero-order chi connectivity index (χ0) is 15.5. The average molecular weight is 315 g/mol. The Balaban J connectivity index is 1.81. The Morgan fingerprint density at radius 2 is 2.23 bits per heavy atom. The van der Waals surface area contributed by atoms with Gasteiger partial charge in [0, 0.05) is 35.9 Å². The minimum Gasteiger partial charge on any atom is -0.497 e.